The van der Waals surface area contributed by atoms with Crippen molar-refractivity contribution < 1.29 is 23.9 Å². The highest BCUT2D eigenvalue weighted by Gasteiger charge is 2.53. The number of amides is 4. The van der Waals surface area contributed by atoms with Crippen molar-refractivity contribution in [1.29, 1.82) is 0 Å². The summed E-state index contributed by atoms with van der Waals surface area (Å²) in [4.78, 5) is 48.2. The van der Waals surface area contributed by atoms with Crippen LogP contribution in [0.25, 0.3) is 22.2 Å². The van der Waals surface area contributed by atoms with Crippen LogP contribution in [0.1, 0.15) is 21.7 Å². The molecule has 0 aliphatic carbocycles. The Balaban J connectivity index is 1.40. The SMILES string of the molecule is O=C1NC(=O)[C@](CN2Cc3ccc(O)cc3C2=O)(c2cc3cc(-c4cccnc4)ncc3o2)N1. The van der Waals surface area contributed by atoms with E-state index in [1.54, 1.807) is 42.9 Å². The van der Waals surface area contributed by atoms with E-state index in [0.717, 1.165) is 11.1 Å². The molecular weight excluding hydrogens is 438 g/mol. The number of aromatic hydroxyl groups is 1. The zero-order chi connectivity index (χ0) is 23.4. The van der Waals surface area contributed by atoms with Crippen LogP contribution in [0.5, 0.6) is 5.75 Å². The molecule has 6 rings (SSSR count). The first kappa shape index (κ1) is 19.9. The lowest BCUT2D eigenvalue weighted by molar-refractivity contribution is -0.125. The Morgan fingerprint density at radius 2 is 2.00 bits per heavy atom. The van der Waals surface area contributed by atoms with Crippen molar-refractivity contribution in [3.8, 4) is 17.0 Å². The van der Waals surface area contributed by atoms with Crippen molar-refractivity contribution in [3.63, 3.8) is 0 Å². The number of urea groups is 1. The van der Waals surface area contributed by atoms with Crippen molar-refractivity contribution in [2.24, 2.45) is 0 Å². The molecule has 0 unspecified atom stereocenters. The molecule has 3 aromatic heterocycles. The molecule has 2 aliphatic rings. The molecule has 0 radical (unpaired) electrons. The molecule has 0 saturated carbocycles. The number of hydrogen-bond acceptors (Lipinski definition) is 7. The number of furan rings is 1. The fourth-order valence-electron chi connectivity index (χ4n) is 4.45. The van der Waals surface area contributed by atoms with Crippen molar-refractivity contribution in [3.05, 3.63) is 77.9 Å². The maximum absolute atomic E-state index is 13.0. The minimum absolute atomic E-state index is 0.0234. The van der Waals surface area contributed by atoms with Gasteiger partial charge >= 0.3 is 6.03 Å². The van der Waals surface area contributed by atoms with E-state index < -0.39 is 17.5 Å². The Bertz CT molecular complexity index is 1500. The average molecular weight is 455 g/mol. The first-order valence-corrected chi connectivity index (χ1v) is 10.5. The number of fused-ring (bicyclic) bond motifs is 2. The van der Waals surface area contributed by atoms with Crippen LogP contribution in [0.2, 0.25) is 0 Å². The third kappa shape index (κ3) is 2.99. The van der Waals surface area contributed by atoms with Crippen molar-refractivity contribution in [1.82, 2.24) is 25.5 Å². The molecule has 10 heteroatoms. The van der Waals surface area contributed by atoms with E-state index in [1.165, 1.54) is 17.0 Å². The molecule has 1 saturated heterocycles. The second-order valence-corrected chi connectivity index (χ2v) is 8.28. The highest BCUT2D eigenvalue weighted by atomic mass is 16.3. The van der Waals surface area contributed by atoms with Gasteiger partial charge in [-0.1, -0.05) is 6.07 Å². The van der Waals surface area contributed by atoms with Gasteiger partial charge in [0.25, 0.3) is 11.8 Å². The van der Waals surface area contributed by atoms with Crippen LogP contribution in [0.15, 0.2) is 65.5 Å². The summed E-state index contributed by atoms with van der Waals surface area (Å²) in [5, 5.41) is 15.4. The summed E-state index contributed by atoms with van der Waals surface area (Å²) in [5.41, 5.74) is 1.37. The van der Waals surface area contributed by atoms with Crippen LogP contribution in [-0.4, -0.2) is 44.4 Å². The third-order valence-electron chi connectivity index (χ3n) is 6.12. The summed E-state index contributed by atoms with van der Waals surface area (Å²) in [6.07, 6.45) is 4.90. The molecule has 10 nitrogen and oxygen atoms in total. The van der Waals surface area contributed by atoms with E-state index in [-0.39, 0.29) is 30.5 Å². The minimum atomic E-state index is -1.62. The molecule has 0 spiro atoms. The number of imide groups is 1. The minimum Gasteiger partial charge on any atom is -0.508 e. The largest absolute Gasteiger partial charge is 0.508 e. The van der Waals surface area contributed by atoms with E-state index in [0.29, 0.717) is 22.2 Å². The Hall–Kier alpha value is -4.73. The number of carbonyl (C=O) groups excluding carboxylic acids is 3. The van der Waals surface area contributed by atoms with Gasteiger partial charge in [0.15, 0.2) is 11.1 Å². The molecule has 4 amide bonds. The second kappa shape index (κ2) is 7.14. The number of rotatable bonds is 4. The van der Waals surface area contributed by atoms with E-state index >= 15 is 0 Å². The molecule has 1 aromatic carbocycles. The van der Waals surface area contributed by atoms with Crippen molar-refractivity contribution in [2.45, 2.75) is 12.1 Å². The summed E-state index contributed by atoms with van der Waals surface area (Å²) in [6.45, 7) is 0.0772. The molecule has 1 atom stereocenters. The van der Waals surface area contributed by atoms with Gasteiger partial charge in [-0.05, 0) is 42.0 Å². The highest BCUT2D eigenvalue weighted by Crippen LogP contribution is 2.35. The molecule has 4 aromatic rings. The van der Waals surface area contributed by atoms with E-state index in [4.69, 9.17) is 4.42 Å². The zero-order valence-corrected chi connectivity index (χ0v) is 17.6. The Labute approximate surface area is 192 Å². The molecule has 2 aliphatic heterocycles. The molecule has 168 valence electrons. The lowest BCUT2D eigenvalue weighted by atomic mass is 9.95. The number of nitrogens with zero attached hydrogens (tertiary/aromatic N) is 3. The fourth-order valence-corrected chi connectivity index (χ4v) is 4.45. The van der Waals surface area contributed by atoms with Gasteiger partial charge in [-0.2, -0.15) is 0 Å². The van der Waals surface area contributed by atoms with Crippen LogP contribution in [-0.2, 0) is 16.9 Å². The van der Waals surface area contributed by atoms with E-state index in [1.807, 2.05) is 6.07 Å². The van der Waals surface area contributed by atoms with Gasteiger partial charge in [0.1, 0.15) is 11.5 Å². The lowest BCUT2D eigenvalue weighted by Gasteiger charge is -2.29. The van der Waals surface area contributed by atoms with Crippen LogP contribution >= 0.6 is 0 Å². The number of nitrogens with one attached hydrogen (secondary N) is 2. The first-order valence-electron chi connectivity index (χ1n) is 10.5. The van der Waals surface area contributed by atoms with Gasteiger partial charge in [0, 0.05) is 35.5 Å². The van der Waals surface area contributed by atoms with Crippen molar-refractivity contribution in [2.75, 3.05) is 6.54 Å². The van der Waals surface area contributed by atoms with Gasteiger partial charge < -0.3 is 19.7 Å². The predicted molar refractivity (Wildman–Crippen MR) is 118 cm³/mol. The third-order valence-corrected chi connectivity index (χ3v) is 6.12. The zero-order valence-electron chi connectivity index (χ0n) is 17.6. The Morgan fingerprint density at radius 1 is 1.12 bits per heavy atom. The monoisotopic (exact) mass is 455 g/mol. The number of phenolic OH excluding ortho intramolecular Hbond substituents is 1. The summed E-state index contributed by atoms with van der Waals surface area (Å²) in [6, 6.07) is 11.0. The van der Waals surface area contributed by atoms with Gasteiger partial charge in [-0.15, -0.1) is 0 Å². The molecule has 0 bridgehead atoms. The van der Waals surface area contributed by atoms with Gasteiger partial charge in [-0.3, -0.25) is 24.9 Å². The number of carbonyl (C=O) groups is 3. The number of phenols is 1. The number of aromatic nitrogens is 2. The maximum Gasteiger partial charge on any atom is 0.322 e. The smallest absolute Gasteiger partial charge is 0.322 e. The summed E-state index contributed by atoms with van der Waals surface area (Å²) in [5.74, 6) is -0.813. The van der Waals surface area contributed by atoms with Crippen LogP contribution in [0, 0.1) is 0 Å². The van der Waals surface area contributed by atoms with Gasteiger partial charge in [-0.25, -0.2) is 4.79 Å². The molecule has 3 N–H and O–H groups in total. The number of pyridine rings is 2. The van der Waals surface area contributed by atoms with E-state index in [9.17, 15) is 19.5 Å². The van der Waals surface area contributed by atoms with Crippen LogP contribution in [0.4, 0.5) is 4.79 Å². The predicted octanol–water partition coefficient (Wildman–Crippen LogP) is 2.29. The number of benzene rings is 1. The quantitative estimate of drug-likeness (QED) is 0.402. The highest BCUT2D eigenvalue weighted by molar-refractivity contribution is 6.08. The summed E-state index contributed by atoms with van der Waals surface area (Å²) >= 11 is 0. The molecule has 34 heavy (non-hydrogen) atoms. The van der Waals surface area contributed by atoms with E-state index in [2.05, 4.69) is 20.6 Å². The topological polar surface area (TPSA) is 138 Å². The van der Waals surface area contributed by atoms with Gasteiger partial charge in [0.05, 0.1) is 18.4 Å². The van der Waals surface area contributed by atoms with Crippen molar-refractivity contribution >= 4 is 28.8 Å². The summed E-state index contributed by atoms with van der Waals surface area (Å²) < 4.78 is 5.98. The summed E-state index contributed by atoms with van der Waals surface area (Å²) in [7, 11) is 0. The maximum atomic E-state index is 13.0. The normalized spacial score (nSPS) is 19.4. The molecular formula is C24H17N5O5. The standard InChI is InChI=1S/C24H17N5O5/c30-16-4-3-14-11-29(21(31)17(14)8-16)12-24(22(32)27-23(33)28-24)20-7-15-6-18(26-10-19(15)34-20)13-2-1-5-25-9-13/h1-10,30H,11-12H2,(H2,27,28,32,33)/t24-/m0/s1. The molecule has 1 fully saturated rings. The van der Waals surface area contributed by atoms with Crippen LogP contribution in [0.3, 0.4) is 0 Å². The average Bonchev–Trinajstić information content (AvgIpc) is 3.48. The lowest BCUT2D eigenvalue weighted by Crippen LogP contribution is -2.52. The Kier molecular flexibility index (Phi) is 4.18. The second-order valence-electron chi connectivity index (χ2n) is 8.28. The first-order chi connectivity index (χ1) is 16.4. The molecule has 5 heterocycles. The fraction of sp³-hybridized carbons (Fsp3) is 0.125. The Morgan fingerprint density at radius 3 is 2.76 bits per heavy atom. The van der Waals surface area contributed by atoms with Crippen LogP contribution < -0.4 is 10.6 Å². The number of hydrogen-bond donors (Lipinski definition) is 3. The van der Waals surface area contributed by atoms with Gasteiger partial charge in [0.2, 0.25) is 0 Å².